The molecule has 0 radical (unpaired) electrons. The maximum Gasteiger partial charge on any atom is 0.308 e. The third kappa shape index (κ3) is 4.44. The minimum atomic E-state index is -0.706. The lowest BCUT2D eigenvalue weighted by Crippen LogP contribution is -2.33. The number of benzene rings is 1. The van der Waals surface area contributed by atoms with Crippen LogP contribution in [0, 0.1) is 0 Å². The molecule has 0 bridgehead atoms. The molecule has 0 aliphatic carbocycles. The number of anilines is 1. The predicted octanol–water partition coefficient (Wildman–Crippen LogP) is 1.44. The van der Waals surface area contributed by atoms with Crippen LogP contribution in [0.3, 0.4) is 0 Å². The quantitative estimate of drug-likeness (QED) is 0.761. The molecule has 1 atom stereocenters. The third-order valence-electron chi connectivity index (χ3n) is 2.56. The average molecular weight is 237 g/mol. The number of carbonyl (C=O) groups excluding carboxylic acids is 1. The lowest BCUT2D eigenvalue weighted by atomic mass is 10.2. The SMILES string of the molecule is CCN(CC(O)CC(=O)OC)c1ccccc1. The zero-order chi connectivity index (χ0) is 12.7. The van der Waals surface area contributed by atoms with Crippen molar-refractivity contribution in [3.8, 4) is 0 Å². The second-order valence-corrected chi connectivity index (χ2v) is 3.81. The van der Waals surface area contributed by atoms with Gasteiger partial charge in [-0.3, -0.25) is 4.79 Å². The van der Waals surface area contributed by atoms with Crippen LogP contribution in [-0.2, 0) is 9.53 Å². The number of methoxy groups -OCH3 is 1. The summed E-state index contributed by atoms with van der Waals surface area (Å²) in [4.78, 5) is 13.0. The number of nitrogens with zero attached hydrogens (tertiary/aromatic N) is 1. The van der Waals surface area contributed by atoms with Gasteiger partial charge < -0.3 is 14.7 Å². The van der Waals surface area contributed by atoms with Gasteiger partial charge in [0.1, 0.15) is 0 Å². The summed E-state index contributed by atoms with van der Waals surface area (Å²) in [5.74, 6) is -0.387. The fourth-order valence-corrected chi connectivity index (χ4v) is 1.65. The summed E-state index contributed by atoms with van der Waals surface area (Å²) in [6.07, 6.45) is -0.678. The maximum absolute atomic E-state index is 11.0. The van der Waals surface area contributed by atoms with Crippen molar-refractivity contribution in [3.63, 3.8) is 0 Å². The van der Waals surface area contributed by atoms with Gasteiger partial charge in [-0.05, 0) is 19.1 Å². The number of aliphatic hydroxyl groups is 1. The molecule has 0 aliphatic heterocycles. The molecule has 0 heterocycles. The average Bonchev–Trinajstić information content (AvgIpc) is 2.36. The lowest BCUT2D eigenvalue weighted by molar-refractivity contribution is -0.142. The molecule has 1 aromatic carbocycles. The second kappa shape index (κ2) is 6.91. The standard InChI is InChI=1S/C13H19NO3/c1-3-14(11-7-5-4-6-8-11)10-12(15)9-13(16)17-2/h4-8,12,15H,3,9-10H2,1-2H3. The number of carbonyl (C=O) groups is 1. The van der Waals surface area contributed by atoms with Gasteiger partial charge in [-0.1, -0.05) is 18.2 Å². The molecule has 0 aliphatic rings. The Morgan fingerprint density at radius 3 is 2.59 bits per heavy atom. The van der Waals surface area contributed by atoms with Gasteiger partial charge in [-0.25, -0.2) is 0 Å². The van der Waals surface area contributed by atoms with Crippen molar-refractivity contribution in [2.45, 2.75) is 19.4 Å². The Morgan fingerprint density at radius 2 is 2.06 bits per heavy atom. The summed E-state index contributed by atoms with van der Waals surface area (Å²) in [5, 5.41) is 9.77. The normalized spacial score (nSPS) is 11.9. The predicted molar refractivity (Wildman–Crippen MR) is 67.0 cm³/mol. The van der Waals surface area contributed by atoms with Crippen LogP contribution in [0.4, 0.5) is 5.69 Å². The van der Waals surface area contributed by atoms with Gasteiger partial charge in [-0.2, -0.15) is 0 Å². The molecule has 1 rings (SSSR count). The molecule has 4 heteroatoms. The first-order chi connectivity index (χ1) is 8.17. The summed E-state index contributed by atoms with van der Waals surface area (Å²) in [7, 11) is 1.32. The summed E-state index contributed by atoms with van der Waals surface area (Å²) in [6, 6.07) is 9.81. The molecule has 0 saturated carbocycles. The Morgan fingerprint density at radius 1 is 1.41 bits per heavy atom. The van der Waals surface area contributed by atoms with E-state index in [4.69, 9.17) is 0 Å². The van der Waals surface area contributed by atoms with Gasteiger partial charge >= 0.3 is 5.97 Å². The van der Waals surface area contributed by atoms with E-state index in [1.165, 1.54) is 7.11 Å². The number of likely N-dealkylation sites (N-methyl/N-ethyl adjacent to an activating group) is 1. The molecule has 0 fully saturated rings. The molecule has 1 aromatic rings. The summed E-state index contributed by atoms with van der Waals surface area (Å²) in [6.45, 7) is 3.22. The molecule has 94 valence electrons. The van der Waals surface area contributed by atoms with Gasteiger partial charge in [0.15, 0.2) is 0 Å². The van der Waals surface area contributed by atoms with E-state index in [1.807, 2.05) is 42.2 Å². The second-order valence-electron chi connectivity index (χ2n) is 3.81. The maximum atomic E-state index is 11.0. The fraction of sp³-hybridized carbons (Fsp3) is 0.462. The number of hydrogen-bond acceptors (Lipinski definition) is 4. The molecule has 0 spiro atoms. The monoisotopic (exact) mass is 237 g/mol. The Labute approximate surface area is 102 Å². The number of aliphatic hydroxyl groups excluding tert-OH is 1. The molecular formula is C13H19NO3. The largest absolute Gasteiger partial charge is 0.469 e. The highest BCUT2D eigenvalue weighted by molar-refractivity contribution is 5.69. The Hall–Kier alpha value is -1.55. The van der Waals surface area contributed by atoms with Crippen LogP contribution in [-0.4, -0.2) is 37.4 Å². The molecular weight excluding hydrogens is 218 g/mol. The van der Waals surface area contributed by atoms with Gasteiger partial charge in [0.25, 0.3) is 0 Å². The van der Waals surface area contributed by atoms with Crippen LogP contribution < -0.4 is 4.90 Å². The van der Waals surface area contributed by atoms with Crippen LogP contribution >= 0.6 is 0 Å². The smallest absolute Gasteiger partial charge is 0.308 e. The summed E-state index contributed by atoms with van der Waals surface area (Å²) < 4.78 is 4.52. The molecule has 1 N–H and O–H groups in total. The van der Waals surface area contributed by atoms with Gasteiger partial charge in [-0.15, -0.1) is 0 Å². The highest BCUT2D eigenvalue weighted by atomic mass is 16.5. The molecule has 4 nitrogen and oxygen atoms in total. The first-order valence-corrected chi connectivity index (χ1v) is 5.72. The number of esters is 1. The van der Waals surface area contributed by atoms with Crippen LogP contribution in [0.25, 0.3) is 0 Å². The number of hydrogen-bond donors (Lipinski definition) is 1. The van der Waals surface area contributed by atoms with Crippen molar-refractivity contribution in [2.24, 2.45) is 0 Å². The van der Waals surface area contributed by atoms with Crippen molar-refractivity contribution in [1.29, 1.82) is 0 Å². The Kier molecular flexibility index (Phi) is 5.49. The number of para-hydroxylation sites is 1. The van der Waals surface area contributed by atoms with E-state index >= 15 is 0 Å². The third-order valence-corrected chi connectivity index (χ3v) is 2.56. The van der Waals surface area contributed by atoms with E-state index in [0.717, 1.165) is 12.2 Å². The van der Waals surface area contributed by atoms with Crippen LogP contribution in [0.15, 0.2) is 30.3 Å². The highest BCUT2D eigenvalue weighted by Gasteiger charge is 2.14. The lowest BCUT2D eigenvalue weighted by Gasteiger charge is -2.25. The van der Waals surface area contributed by atoms with Crippen molar-refractivity contribution in [2.75, 3.05) is 25.1 Å². The zero-order valence-electron chi connectivity index (χ0n) is 10.3. The first-order valence-electron chi connectivity index (χ1n) is 5.72. The number of ether oxygens (including phenoxy) is 1. The van der Waals surface area contributed by atoms with Crippen LogP contribution in [0.2, 0.25) is 0 Å². The summed E-state index contributed by atoms with van der Waals surface area (Å²) >= 11 is 0. The fourth-order valence-electron chi connectivity index (χ4n) is 1.65. The number of rotatable bonds is 6. The minimum absolute atomic E-state index is 0.0276. The van der Waals surface area contributed by atoms with Crippen molar-refractivity contribution in [3.05, 3.63) is 30.3 Å². The molecule has 1 unspecified atom stereocenters. The van der Waals surface area contributed by atoms with E-state index in [0.29, 0.717) is 6.54 Å². The Bertz CT molecular complexity index is 340. The first kappa shape index (κ1) is 13.5. The van der Waals surface area contributed by atoms with Gasteiger partial charge in [0.2, 0.25) is 0 Å². The van der Waals surface area contributed by atoms with Gasteiger partial charge in [0.05, 0.1) is 19.6 Å². The van der Waals surface area contributed by atoms with E-state index in [2.05, 4.69) is 4.74 Å². The molecule has 0 aromatic heterocycles. The topological polar surface area (TPSA) is 49.8 Å². The van der Waals surface area contributed by atoms with Crippen molar-refractivity contribution < 1.29 is 14.6 Å². The van der Waals surface area contributed by atoms with E-state index < -0.39 is 6.10 Å². The van der Waals surface area contributed by atoms with E-state index in [9.17, 15) is 9.90 Å². The van der Waals surface area contributed by atoms with Crippen LogP contribution in [0.5, 0.6) is 0 Å². The van der Waals surface area contributed by atoms with E-state index in [-0.39, 0.29) is 12.4 Å². The molecule has 0 saturated heterocycles. The van der Waals surface area contributed by atoms with E-state index in [1.54, 1.807) is 0 Å². The minimum Gasteiger partial charge on any atom is -0.469 e. The molecule has 17 heavy (non-hydrogen) atoms. The van der Waals surface area contributed by atoms with Gasteiger partial charge in [0, 0.05) is 18.8 Å². The highest BCUT2D eigenvalue weighted by Crippen LogP contribution is 2.13. The van der Waals surface area contributed by atoms with Crippen molar-refractivity contribution in [1.82, 2.24) is 0 Å². The summed E-state index contributed by atoms with van der Waals surface area (Å²) in [5.41, 5.74) is 1.04. The van der Waals surface area contributed by atoms with Crippen molar-refractivity contribution >= 4 is 11.7 Å². The van der Waals surface area contributed by atoms with Crippen LogP contribution in [0.1, 0.15) is 13.3 Å². The Balaban J connectivity index is 2.55. The zero-order valence-corrected chi connectivity index (χ0v) is 10.3. The molecule has 0 amide bonds.